The van der Waals surface area contributed by atoms with E-state index in [1.165, 1.54) is 19.1 Å². The Morgan fingerprint density at radius 2 is 1.76 bits per heavy atom. The quantitative estimate of drug-likeness (QED) is 0.208. The SMILES string of the molecule is CC(C(Cc1ccc(OC(F)(F)F)cc1)C(=O)NC(C(=O)NCCN1CCOCC1)C(C)(C)C)N(O)C=O. The molecule has 10 nitrogen and oxygen atoms in total. The molecular formula is C25H37F3N4O6. The summed E-state index contributed by atoms with van der Waals surface area (Å²) in [4.78, 5) is 39.8. The van der Waals surface area contributed by atoms with Crippen LogP contribution in [-0.4, -0.2) is 91.2 Å². The van der Waals surface area contributed by atoms with E-state index in [0.717, 1.165) is 25.2 Å². The highest BCUT2D eigenvalue weighted by Crippen LogP contribution is 2.25. The normalized spacial score (nSPS) is 17.2. The van der Waals surface area contributed by atoms with Crippen molar-refractivity contribution < 1.29 is 42.2 Å². The topological polar surface area (TPSA) is 120 Å². The molecule has 0 aromatic heterocycles. The lowest BCUT2D eigenvalue weighted by molar-refractivity contribution is -0.274. The molecule has 214 valence electrons. The second-order valence-electron chi connectivity index (χ2n) is 10.3. The average molecular weight is 547 g/mol. The smallest absolute Gasteiger partial charge is 0.406 e. The van der Waals surface area contributed by atoms with Crippen LogP contribution in [0, 0.1) is 11.3 Å². The van der Waals surface area contributed by atoms with Crippen molar-refractivity contribution in [2.45, 2.75) is 52.6 Å². The number of amides is 3. The summed E-state index contributed by atoms with van der Waals surface area (Å²) in [5, 5.41) is 15.9. The van der Waals surface area contributed by atoms with Gasteiger partial charge >= 0.3 is 6.36 Å². The van der Waals surface area contributed by atoms with Gasteiger partial charge in [-0.15, -0.1) is 13.2 Å². The van der Waals surface area contributed by atoms with Gasteiger partial charge in [0.2, 0.25) is 18.2 Å². The first-order valence-corrected chi connectivity index (χ1v) is 12.4. The molecule has 1 heterocycles. The summed E-state index contributed by atoms with van der Waals surface area (Å²) < 4.78 is 46.6. The molecule has 0 spiro atoms. The number of rotatable bonds is 12. The number of ether oxygens (including phenoxy) is 2. The minimum absolute atomic E-state index is 0.0281. The predicted octanol–water partition coefficient (Wildman–Crippen LogP) is 1.96. The van der Waals surface area contributed by atoms with Gasteiger partial charge in [0.05, 0.1) is 25.2 Å². The number of hydrogen-bond donors (Lipinski definition) is 3. The van der Waals surface area contributed by atoms with Crippen molar-refractivity contribution in [3.63, 3.8) is 0 Å². The molecule has 1 aromatic rings. The van der Waals surface area contributed by atoms with Gasteiger partial charge in [0.25, 0.3) is 0 Å². The number of morpholine rings is 1. The van der Waals surface area contributed by atoms with Gasteiger partial charge in [-0.05, 0) is 36.5 Å². The summed E-state index contributed by atoms with van der Waals surface area (Å²) in [5.41, 5.74) is -0.208. The molecule has 0 aliphatic carbocycles. The largest absolute Gasteiger partial charge is 0.573 e. The first-order chi connectivity index (χ1) is 17.7. The summed E-state index contributed by atoms with van der Waals surface area (Å²) in [6.45, 7) is 10.6. The summed E-state index contributed by atoms with van der Waals surface area (Å²) in [6.07, 6.45) is -4.71. The molecule has 0 radical (unpaired) electrons. The minimum Gasteiger partial charge on any atom is -0.406 e. The van der Waals surface area contributed by atoms with Crippen LogP contribution in [0.4, 0.5) is 13.2 Å². The number of carbonyl (C=O) groups excluding carboxylic acids is 3. The molecule has 3 unspecified atom stereocenters. The molecule has 3 amide bonds. The van der Waals surface area contributed by atoms with Gasteiger partial charge in [0, 0.05) is 26.2 Å². The molecule has 1 aromatic carbocycles. The molecule has 38 heavy (non-hydrogen) atoms. The maximum Gasteiger partial charge on any atom is 0.573 e. The Morgan fingerprint density at radius 1 is 1.16 bits per heavy atom. The number of alkyl halides is 3. The molecule has 0 saturated carbocycles. The van der Waals surface area contributed by atoms with Crippen molar-refractivity contribution in [1.29, 1.82) is 0 Å². The summed E-state index contributed by atoms with van der Waals surface area (Å²) in [6, 6.07) is 3.01. The van der Waals surface area contributed by atoms with Crippen LogP contribution in [0.5, 0.6) is 5.75 Å². The number of benzene rings is 1. The van der Waals surface area contributed by atoms with Gasteiger partial charge in [0.1, 0.15) is 11.8 Å². The van der Waals surface area contributed by atoms with Crippen molar-refractivity contribution in [2.24, 2.45) is 11.3 Å². The second-order valence-corrected chi connectivity index (χ2v) is 10.3. The highest BCUT2D eigenvalue weighted by molar-refractivity contribution is 5.89. The number of carbonyl (C=O) groups is 3. The van der Waals surface area contributed by atoms with Gasteiger partial charge in [-0.1, -0.05) is 32.9 Å². The van der Waals surface area contributed by atoms with E-state index in [2.05, 4.69) is 20.3 Å². The fourth-order valence-corrected chi connectivity index (χ4v) is 4.03. The Kier molecular flexibility index (Phi) is 11.3. The van der Waals surface area contributed by atoms with Crippen LogP contribution >= 0.6 is 0 Å². The van der Waals surface area contributed by atoms with Gasteiger partial charge in [-0.3, -0.25) is 24.5 Å². The third-order valence-electron chi connectivity index (χ3n) is 6.30. The Bertz CT molecular complexity index is 917. The summed E-state index contributed by atoms with van der Waals surface area (Å²) in [7, 11) is 0. The van der Waals surface area contributed by atoms with Crippen molar-refractivity contribution in [3.05, 3.63) is 29.8 Å². The lowest BCUT2D eigenvalue weighted by atomic mass is 9.84. The van der Waals surface area contributed by atoms with Gasteiger partial charge in [0.15, 0.2) is 0 Å². The standard InChI is InChI=1S/C25H37F3N4O6/c1-17(32(36)16-33)20(15-18-5-7-19(8-6-18)38-25(26,27)28)22(34)30-21(24(2,3)4)23(35)29-9-10-31-11-13-37-14-12-31/h5-8,16-17,20-21,36H,9-15H2,1-4H3,(H,29,35)(H,30,34). The van der Waals surface area contributed by atoms with E-state index in [1.807, 2.05) is 0 Å². The van der Waals surface area contributed by atoms with Crippen LogP contribution in [0.2, 0.25) is 0 Å². The van der Waals surface area contributed by atoms with Crippen LogP contribution in [0.3, 0.4) is 0 Å². The van der Waals surface area contributed by atoms with E-state index in [4.69, 9.17) is 4.74 Å². The van der Waals surface area contributed by atoms with E-state index in [9.17, 15) is 32.8 Å². The average Bonchev–Trinajstić information content (AvgIpc) is 2.84. The fraction of sp³-hybridized carbons (Fsp3) is 0.640. The molecule has 3 atom stereocenters. The number of nitrogens with zero attached hydrogens (tertiary/aromatic N) is 2. The highest BCUT2D eigenvalue weighted by atomic mass is 19.4. The number of hydroxylamine groups is 2. The third kappa shape index (κ3) is 10.1. The fourth-order valence-electron chi connectivity index (χ4n) is 4.03. The Balaban J connectivity index is 2.13. The van der Waals surface area contributed by atoms with Crippen LogP contribution in [0.25, 0.3) is 0 Å². The highest BCUT2D eigenvalue weighted by Gasteiger charge is 2.37. The van der Waals surface area contributed by atoms with E-state index in [0.29, 0.717) is 36.9 Å². The lowest BCUT2D eigenvalue weighted by Crippen LogP contribution is -2.57. The first kappa shape index (κ1) is 31.3. The monoisotopic (exact) mass is 546 g/mol. The molecular weight excluding hydrogens is 509 g/mol. The molecule has 3 N–H and O–H groups in total. The number of nitrogens with one attached hydrogen (secondary N) is 2. The van der Waals surface area contributed by atoms with Crippen molar-refractivity contribution in [3.8, 4) is 5.75 Å². The zero-order valence-corrected chi connectivity index (χ0v) is 22.1. The first-order valence-electron chi connectivity index (χ1n) is 12.4. The van der Waals surface area contributed by atoms with Crippen LogP contribution < -0.4 is 15.4 Å². The van der Waals surface area contributed by atoms with Crippen LogP contribution in [0.1, 0.15) is 33.3 Å². The molecule has 1 aliphatic heterocycles. The molecule has 0 bridgehead atoms. The molecule has 13 heteroatoms. The van der Waals surface area contributed by atoms with Crippen molar-refractivity contribution >= 4 is 18.2 Å². The van der Waals surface area contributed by atoms with Crippen molar-refractivity contribution in [2.75, 3.05) is 39.4 Å². The van der Waals surface area contributed by atoms with Gasteiger partial charge in [-0.25, -0.2) is 5.06 Å². The Hall–Kier alpha value is -2.90. The molecule has 2 rings (SSSR count). The lowest BCUT2D eigenvalue weighted by Gasteiger charge is -2.34. The van der Waals surface area contributed by atoms with Gasteiger partial charge < -0.3 is 20.1 Å². The Morgan fingerprint density at radius 3 is 2.29 bits per heavy atom. The minimum atomic E-state index is -4.84. The van der Waals surface area contributed by atoms with Crippen LogP contribution in [-0.2, 0) is 25.5 Å². The van der Waals surface area contributed by atoms with E-state index < -0.39 is 41.4 Å². The van der Waals surface area contributed by atoms with E-state index in [1.54, 1.807) is 20.8 Å². The zero-order chi connectivity index (χ0) is 28.5. The van der Waals surface area contributed by atoms with Crippen LogP contribution in [0.15, 0.2) is 24.3 Å². The van der Waals surface area contributed by atoms with E-state index >= 15 is 0 Å². The maximum atomic E-state index is 13.4. The zero-order valence-electron chi connectivity index (χ0n) is 22.1. The molecule has 1 aliphatic rings. The summed E-state index contributed by atoms with van der Waals surface area (Å²) in [5.74, 6) is -2.42. The molecule has 1 saturated heterocycles. The third-order valence-corrected chi connectivity index (χ3v) is 6.30. The molecule has 1 fully saturated rings. The second kappa shape index (κ2) is 13.8. The number of halogens is 3. The van der Waals surface area contributed by atoms with E-state index in [-0.39, 0.29) is 18.7 Å². The van der Waals surface area contributed by atoms with Crippen molar-refractivity contribution in [1.82, 2.24) is 20.6 Å². The number of hydrogen-bond acceptors (Lipinski definition) is 7. The Labute approximate surface area is 220 Å². The van der Waals surface area contributed by atoms with Gasteiger partial charge in [-0.2, -0.15) is 0 Å². The summed E-state index contributed by atoms with van der Waals surface area (Å²) >= 11 is 0. The maximum absolute atomic E-state index is 13.4. The predicted molar refractivity (Wildman–Crippen MR) is 131 cm³/mol.